The molecule has 0 aliphatic heterocycles. The summed E-state index contributed by atoms with van der Waals surface area (Å²) in [7, 11) is 0. The van der Waals surface area contributed by atoms with Crippen molar-refractivity contribution in [2.24, 2.45) is 0 Å². The van der Waals surface area contributed by atoms with Gasteiger partial charge in [0.15, 0.2) is 0 Å². The molecule has 3 aromatic rings. The van der Waals surface area contributed by atoms with Crippen LogP contribution in [0.3, 0.4) is 0 Å². The third-order valence-corrected chi connectivity index (χ3v) is 5.45. The average Bonchev–Trinajstić information content (AvgIpc) is 2.76. The highest BCUT2D eigenvalue weighted by Gasteiger charge is 2.09. The molecule has 29 heavy (non-hydrogen) atoms. The van der Waals surface area contributed by atoms with E-state index in [1.807, 2.05) is 54.6 Å². The van der Waals surface area contributed by atoms with Gasteiger partial charge in [-0.1, -0.05) is 100 Å². The molecule has 0 radical (unpaired) electrons. The number of nitrogens with zero attached hydrogens (tertiary/aromatic N) is 1. The Labute approximate surface area is 175 Å². The molecule has 2 heteroatoms. The van der Waals surface area contributed by atoms with Crippen molar-refractivity contribution in [3.63, 3.8) is 0 Å². The van der Waals surface area contributed by atoms with E-state index < -0.39 is 0 Å². The van der Waals surface area contributed by atoms with E-state index in [2.05, 4.69) is 19.1 Å². The van der Waals surface area contributed by atoms with Gasteiger partial charge in [0.2, 0.25) is 0 Å². The zero-order chi connectivity index (χ0) is 20.3. The number of unbranched alkanes of at least 4 members (excludes halogenated alkanes) is 8. The number of fused-ring (bicyclic) bond motifs is 1. The summed E-state index contributed by atoms with van der Waals surface area (Å²) >= 11 is 0. The predicted molar refractivity (Wildman–Crippen MR) is 125 cm³/mol. The van der Waals surface area contributed by atoms with Crippen LogP contribution >= 0.6 is 0 Å². The monoisotopic (exact) mass is 387 g/mol. The Morgan fingerprint density at radius 1 is 0.793 bits per heavy atom. The van der Waals surface area contributed by atoms with E-state index in [-0.39, 0.29) is 5.75 Å². The van der Waals surface area contributed by atoms with Crippen LogP contribution in [0.1, 0.15) is 70.4 Å². The van der Waals surface area contributed by atoms with Gasteiger partial charge in [0.05, 0.1) is 5.69 Å². The first-order valence-electron chi connectivity index (χ1n) is 11.1. The molecule has 0 saturated carbocycles. The first-order chi connectivity index (χ1) is 14.3. The number of benzene rings is 2. The lowest BCUT2D eigenvalue weighted by atomic mass is 10.0. The molecule has 0 bridgehead atoms. The smallest absolute Gasteiger partial charge is 0.149 e. The zero-order valence-corrected chi connectivity index (χ0v) is 17.6. The third-order valence-electron chi connectivity index (χ3n) is 5.45. The van der Waals surface area contributed by atoms with Gasteiger partial charge in [0.25, 0.3) is 0 Å². The lowest BCUT2D eigenvalue weighted by Gasteiger charge is -2.08. The van der Waals surface area contributed by atoms with Gasteiger partial charge in [-0.25, -0.2) is 4.98 Å². The molecule has 0 amide bonds. The molecule has 152 valence electrons. The topological polar surface area (TPSA) is 33.1 Å². The molecular weight excluding hydrogens is 354 g/mol. The number of allylic oxidation sites excluding steroid dienone is 1. The first-order valence-corrected chi connectivity index (χ1v) is 11.1. The molecule has 1 heterocycles. The second-order valence-electron chi connectivity index (χ2n) is 7.80. The minimum atomic E-state index is 0.257. The maximum Gasteiger partial charge on any atom is 0.149 e. The molecule has 0 aliphatic rings. The minimum Gasteiger partial charge on any atom is -0.505 e. The van der Waals surface area contributed by atoms with Crippen LogP contribution in [0.4, 0.5) is 0 Å². The van der Waals surface area contributed by atoms with Crippen LogP contribution in [0, 0.1) is 0 Å². The quantitative estimate of drug-likeness (QED) is 0.337. The van der Waals surface area contributed by atoms with Crippen molar-refractivity contribution in [1.82, 2.24) is 4.98 Å². The molecule has 0 atom stereocenters. The van der Waals surface area contributed by atoms with Crippen LogP contribution in [0.15, 0.2) is 60.7 Å². The number of pyridine rings is 1. The highest BCUT2D eigenvalue weighted by molar-refractivity contribution is 5.92. The Morgan fingerprint density at radius 3 is 2.24 bits per heavy atom. The molecule has 1 N–H and O–H groups in total. The molecule has 0 saturated heterocycles. The lowest BCUT2D eigenvalue weighted by Crippen LogP contribution is -1.87. The number of hydrogen-bond acceptors (Lipinski definition) is 2. The van der Waals surface area contributed by atoms with E-state index in [0.717, 1.165) is 28.6 Å². The van der Waals surface area contributed by atoms with Crippen molar-refractivity contribution >= 4 is 17.0 Å². The fourth-order valence-electron chi connectivity index (χ4n) is 3.73. The van der Waals surface area contributed by atoms with Crippen molar-refractivity contribution in [2.75, 3.05) is 0 Å². The summed E-state index contributed by atoms with van der Waals surface area (Å²) < 4.78 is 0. The largest absolute Gasteiger partial charge is 0.505 e. The molecule has 2 aromatic carbocycles. The lowest BCUT2D eigenvalue weighted by molar-refractivity contribution is 0.482. The maximum atomic E-state index is 10.8. The molecule has 2 nitrogen and oxygen atoms in total. The van der Waals surface area contributed by atoms with Gasteiger partial charge < -0.3 is 5.11 Å². The second kappa shape index (κ2) is 11.4. The van der Waals surface area contributed by atoms with Crippen molar-refractivity contribution in [3.8, 4) is 16.9 Å². The maximum absolute atomic E-state index is 10.8. The van der Waals surface area contributed by atoms with Crippen LogP contribution in [0.25, 0.3) is 28.1 Å². The van der Waals surface area contributed by atoms with Gasteiger partial charge in [0.1, 0.15) is 11.3 Å². The van der Waals surface area contributed by atoms with Crippen LogP contribution in [-0.2, 0) is 0 Å². The van der Waals surface area contributed by atoms with Gasteiger partial charge in [-0.2, -0.15) is 0 Å². The molecule has 1 aromatic heterocycles. The summed E-state index contributed by atoms with van der Waals surface area (Å²) in [5, 5.41) is 11.7. The first kappa shape index (κ1) is 21.1. The average molecular weight is 388 g/mol. The predicted octanol–water partition coefficient (Wildman–Crippen LogP) is 8.15. The van der Waals surface area contributed by atoms with E-state index >= 15 is 0 Å². The second-order valence-corrected chi connectivity index (χ2v) is 7.80. The third kappa shape index (κ3) is 6.19. The molecule has 0 spiro atoms. The number of hydrogen-bond donors (Lipinski definition) is 1. The molecular formula is C27H33NO. The standard InChI is InChI=1S/C27H33NO/c1-2-3-4-5-6-7-8-9-10-14-17-24-20-18-23-19-21-25(27(29)26(23)28-24)22-15-12-11-13-16-22/h11-21,29H,2-10H2,1H3. The SMILES string of the molecule is CCCCCCCCCCC=Cc1ccc2ccc(-c3ccccc3)c(O)c2n1. The highest BCUT2D eigenvalue weighted by Crippen LogP contribution is 2.34. The summed E-state index contributed by atoms with van der Waals surface area (Å²) in [5.41, 5.74) is 3.40. The van der Waals surface area contributed by atoms with Crippen LogP contribution in [0.2, 0.25) is 0 Å². The summed E-state index contributed by atoms with van der Waals surface area (Å²) in [6.45, 7) is 2.26. The van der Waals surface area contributed by atoms with Gasteiger partial charge in [0, 0.05) is 10.9 Å². The Morgan fingerprint density at radius 2 is 1.48 bits per heavy atom. The summed E-state index contributed by atoms with van der Waals surface area (Å²) in [4.78, 5) is 4.70. The summed E-state index contributed by atoms with van der Waals surface area (Å²) in [6.07, 6.45) is 16.1. The molecule has 0 aliphatic carbocycles. The van der Waals surface area contributed by atoms with E-state index in [0.29, 0.717) is 5.52 Å². The van der Waals surface area contributed by atoms with Gasteiger partial charge >= 0.3 is 0 Å². The van der Waals surface area contributed by atoms with E-state index in [4.69, 9.17) is 4.98 Å². The van der Waals surface area contributed by atoms with Crippen molar-refractivity contribution < 1.29 is 5.11 Å². The van der Waals surface area contributed by atoms with Crippen LogP contribution in [0.5, 0.6) is 5.75 Å². The Kier molecular flexibility index (Phi) is 8.30. The van der Waals surface area contributed by atoms with Crippen LogP contribution in [-0.4, -0.2) is 10.1 Å². The molecule has 3 rings (SSSR count). The van der Waals surface area contributed by atoms with E-state index in [9.17, 15) is 5.11 Å². The number of aromatic nitrogens is 1. The van der Waals surface area contributed by atoms with Crippen LogP contribution < -0.4 is 0 Å². The Bertz CT molecular complexity index is 914. The fraction of sp³-hybridized carbons (Fsp3) is 0.370. The van der Waals surface area contributed by atoms with Gasteiger partial charge in [-0.15, -0.1) is 0 Å². The van der Waals surface area contributed by atoms with E-state index in [1.54, 1.807) is 0 Å². The van der Waals surface area contributed by atoms with Crippen molar-refractivity contribution in [2.45, 2.75) is 64.7 Å². The Balaban J connectivity index is 1.56. The van der Waals surface area contributed by atoms with Gasteiger partial charge in [-0.3, -0.25) is 0 Å². The normalized spacial score (nSPS) is 11.5. The van der Waals surface area contributed by atoms with Gasteiger partial charge in [-0.05, 0) is 36.6 Å². The summed E-state index contributed by atoms with van der Waals surface area (Å²) in [5.74, 6) is 0.257. The number of aromatic hydroxyl groups is 1. The highest BCUT2D eigenvalue weighted by atomic mass is 16.3. The molecule has 0 fully saturated rings. The number of rotatable bonds is 11. The summed E-state index contributed by atoms with van der Waals surface area (Å²) in [6, 6.07) is 18.0. The number of phenolic OH excluding ortho intramolecular Hbond substituents is 1. The van der Waals surface area contributed by atoms with E-state index in [1.165, 1.54) is 51.4 Å². The van der Waals surface area contributed by atoms with Crippen molar-refractivity contribution in [3.05, 3.63) is 66.4 Å². The minimum absolute atomic E-state index is 0.257. The molecule has 0 unspecified atom stereocenters. The zero-order valence-electron chi connectivity index (χ0n) is 17.6. The Hall–Kier alpha value is -2.61. The fourth-order valence-corrected chi connectivity index (χ4v) is 3.73. The van der Waals surface area contributed by atoms with Crippen molar-refractivity contribution in [1.29, 1.82) is 0 Å². The number of phenols is 1.